The molecule has 6 heteroatoms. The molecule has 126 valence electrons. The summed E-state index contributed by atoms with van der Waals surface area (Å²) in [6.45, 7) is 2.18. The Hall–Kier alpha value is -3.15. The fraction of sp³-hybridized carbons (Fsp3) is 0.211. The molecule has 3 aromatic rings. The Morgan fingerprint density at radius 2 is 1.92 bits per heavy atom. The van der Waals surface area contributed by atoms with Gasteiger partial charge < -0.3 is 15.3 Å². The van der Waals surface area contributed by atoms with Crippen LogP contribution in [0, 0.1) is 0 Å². The second-order valence-electron chi connectivity index (χ2n) is 6.12. The summed E-state index contributed by atoms with van der Waals surface area (Å²) >= 11 is 0. The van der Waals surface area contributed by atoms with Crippen LogP contribution >= 0.6 is 0 Å². The van der Waals surface area contributed by atoms with Crippen molar-refractivity contribution in [1.29, 1.82) is 0 Å². The average Bonchev–Trinajstić information content (AvgIpc) is 3.17. The van der Waals surface area contributed by atoms with Crippen molar-refractivity contribution in [1.82, 2.24) is 9.97 Å². The number of fused-ring (bicyclic) bond motifs is 1. The molecule has 2 aromatic heterocycles. The monoisotopic (exact) mass is 334 g/mol. The lowest BCUT2D eigenvalue weighted by atomic mass is 10.1. The molecule has 0 aliphatic carbocycles. The SMILES string of the molecule is O=C(O)c1ccc(Nc2ccnc3ccc(N4CCCC4)cc23)nc1. The number of benzene rings is 1. The maximum Gasteiger partial charge on any atom is 0.337 e. The Labute approximate surface area is 145 Å². The van der Waals surface area contributed by atoms with Gasteiger partial charge in [-0.15, -0.1) is 0 Å². The number of carboxylic acids is 1. The largest absolute Gasteiger partial charge is 0.478 e. The van der Waals surface area contributed by atoms with E-state index in [9.17, 15) is 4.79 Å². The van der Waals surface area contributed by atoms with Gasteiger partial charge in [0.25, 0.3) is 0 Å². The van der Waals surface area contributed by atoms with Crippen molar-refractivity contribution in [3.63, 3.8) is 0 Å². The van der Waals surface area contributed by atoms with E-state index in [1.54, 1.807) is 12.3 Å². The number of anilines is 3. The molecule has 1 aliphatic heterocycles. The molecule has 0 unspecified atom stereocenters. The maximum absolute atomic E-state index is 10.9. The molecule has 0 amide bonds. The molecule has 0 atom stereocenters. The Kier molecular flexibility index (Phi) is 3.93. The molecule has 4 rings (SSSR count). The molecule has 1 aliphatic rings. The predicted octanol–water partition coefficient (Wildman–Crippen LogP) is 3.67. The van der Waals surface area contributed by atoms with Crippen LogP contribution in [0.1, 0.15) is 23.2 Å². The second kappa shape index (κ2) is 6.39. The minimum Gasteiger partial charge on any atom is -0.478 e. The molecule has 0 bridgehead atoms. The van der Waals surface area contributed by atoms with Crippen LogP contribution in [-0.2, 0) is 0 Å². The lowest BCUT2D eigenvalue weighted by Gasteiger charge is -2.18. The Balaban J connectivity index is 1.68. The van der Waals surface area contributed by atoms with Crippen molar-refractivity contribution in [2.45, 2.75) is 12.8 Å². The molecule has 0 radical (unpaired) electrons. The number of carbonyl (C=O) groups is 1. The highest BCUT2D eigenvalue weighted by Gasteiger charge is 2.14. The van der Waals surface area contributed by atoms with Gasteiger partial charge in [0.15, 0.2) is 0 Å². The topological polar surface area (TPSA) is 78.3 Å². The first-order valence-electron chi connectivity index (χ1n) is 8.31. The molecule has 1 fully saturated rings. The fourth-order valence-electron chi connectivity index (χ4n) is 3.15. The van der Waals surface area contributed by atoms with Crippen LogP contribution in [0.25, 0.3) is 10.9 Å². The standard InChI is InChI=1S/C19H18N4O2/c24-19(25)13-3-6-18(21-12-13)22-17-7-8-20-16-5-4-14(11-15(16)17)23-9-1-2-10-23/h3-8,11-12H,1-2,9-10H2,(H,24,25)(H,20,21,22). The van der Waals surface area contributed by atoms with E-state index in [2.05, 4.69) is 32.3 Å². The summed E-state index contributed by atoms with van der Waals surface area (Å²) in [5, 5.41) is 13.3. The summed E-state index contributed by atoms with van der Waals surface area (Å²) in [6.07, 6.45) is 5.57. The van der Waals surface area contributed by atoms with Crippen LogP contribution in [0.2, 0.25) is 0 Å². The molecule has 3 heterocycles. The molecular formula is C19H18N4O2. The van der Waals surface area contributed by atoms with Gasteiger partial charge in [-0.25, -0.2) is 9.78 Å². The number of nitrogens with one attached hydrogen (secondary N) is 1. The molecule has 0 saturated carbocycles. The van der Waals surface area contributed by atoms with Crippen LogP contribution < -0.4 is 10.2 Å². The zero-order valence-electron chi connectivity index (χ0n) is 13.6. The Morgan fingerprint density at radius 3 is 2.64 bits per heavy atom. The summed E-state index contributed by atoms with van der Waals surface area (Å²) in [6, 6.07) is 11.4. The Morgan fingerprint density at radius 1 is 1.08 bits per heavy atom. The normalized spacial score (nSPS) is 14.0. The number of carboxylic acid groups (broad SMARTS) is 1. The minimum atomic E-state index is -0.983. The summed E-state index contributed by atoms with van der Waals surface area (Å²) in [4.78, 5) is 21.9. The third kappa shape index (κ3) is 3.10. The average molecular weight is 334 g/mol. The summed E-state index contributed by atoms with van der Waals surface area (Å²) in [7, 11) is 0. The molecule has 1 aromatic carbocycles. The summed E-state index contributed by atoms with van der Waals surface area (Å²) in [5.41, 5.74) is 3.19. The van der Waals surface area contributed by atoms with Crippen molar-refractivity contribution in [3.05, 3.63) is 54.4 Å². The lowest BCUT2D eigenvalue weighted by Crippen LogP contribution is -2.17. The van der Waals surface area contributed by atoms with Crippen molar-refractivity contribution < 1.29 is 9.90 Å². The van der Waals surface area contributed by atoms with Gasteiger partial charge in [0, 0.05) is 36.6 Å². The molecule has 6 nitrogen and oxygen atoms in total. The molecule has 25 heavy (non-hydrogen) atoms. The van der Waals surface area contributed by atoms with Gasteiger partial charge in [-0.05, 0) is 49.2 Å². The van der Waals surface area contributed by atoms with Crippen LogP contribution in [-0.4, -0.2) is 34.1 Å². The first-order chi connectivity index (χ1) is 12.2. The third-order valence-electron chi connectivity index (χ3n) is 4.47. The van der Waals surface area contributed by atoms with E-state index in [1.807, 2.05) is 12.1 Å². The van der Waals surface area contributed by atoms with E-state index in [-0.39, 0.29) is 5.56 Å². The maximum atomic E-state index is 10.9. The predicted molar refractivity (Wildman–Crippen MR) is 97.7 cm³/mol. The molecular weight excluding hydrogens is 316 g/mol. The van der Waals surface area contributed by atoms with Gasteiger partial charge in [-0.1, -0.05) is 0 Å². The van der Waals surface area contributed by atoms with E-state index in [0.717, 1.165) is 29.7 Å². The highest BCUT2D eigenvalue weighted by molar-refractivity contribution is 5.95. The van der Waals surface area contributed by atoms with Crippen molar-refractivity contribution in [3.8, 4) is 0 Å². The smallest absolute Gasteiger partial charge is 0.337 e. The fourth-order valence-corrected chi connectivity index (χ4v) is 3.15. The van der Waals surface area contributed by atoms with E-state index in [0.29, 0.717) is 5.82 Å². The van der Waals surface area contributed by atoms with Gasteiger partial charge in [0.05, 0.1) is 16.8 Å². The highest BCUT2D eigenvalue weighted by Crippen LogP contribution is 2.29. The van der Waals surface area contributed by atoms with Crippen LogP contribution in [0.3, 0.4) is 0 Å². The molecule has 2 N–H and O–H groups in total. The highest BCUT2D eigenvalue weighted by atomic mass is 16.4. The number of hydrogen-bond acceptors (Lipinski definition) is 5. The third-order valence-corrected chi connectivity index (χ3v) is 4.47. The molecule has 1 saturated heterocycles. The van der Waals surface area contributed by atoms with E-state index in [4.69, 9.17) is 5.11 Å². The number of hydrogen-bond donors (Lipinski definition) is 2. The van der Waals surface area contributed by atoms with Crippen molar-refractivity contribution in [2.75, 3.05) is 23.3 Å². The Bertz CT molecular complexity index is 918. The zero-order valence-corrected chi connectivity index (χ0v) is 13.6. The quantitative estimate of drug-likeness (QED) is 0.758. The van der Waals surface area contributed by atoms with Gasteiger partial charge in [-0.3, -0.25) is 4.98 Å². The van der Waals surface area contributed by atoms with Gasteiger partial charge in [-0.2, -0.15) is 0 Å². The van der Waals surface area contributed by atoms with Crippen LogP contribution in [0.15, 0.2) is 48.8 Å². The van der Waals surface area contributed by atoms with E-state index < -0.39 is 5.97 Å². The van der Waals surface area contributed by atoms with E-state index in [1.165, 1.54) is 30.8 Å². The van der Waals surface area contributed by atoms with Crippen LogP contribution in [0.5, 0.6) is 0 Å². The van der Waals surface area contributed by atoms with Crippen molar-refractivity contribution >= 4 is 34.1 Å². The van der Waals surface area contributed by atoms with Gasteiger partial charge in [0.2, 0.25) is 0 Å². The second-order valence-corrected chi connectivity index (χ2v) is 6.12. The van der Waals surface area contributed by atoms with Gasteiger partial charge >= 0.3 is 5.97 Å². The number of nitrogens with zero attached hydrogens (tertiary/aromatic N) is 3. The summed E-state index contributed by atoms with van der Waals surface area (Å²) in [5.74, 6) is -0.382. The first kappa shape index (κ1) is 15.4. The first-order valence-corrected chi connectivity index (χ1v) is 8.31. The number of rotatable bonds is 4. The molecule has 0 spiro atoms. The number of aromatic carboxylic acids is 1. The summed E-state index contributed by atoms with van der Waals surface area (Å²) < 4.78 is 0. The van der Waals surface area contributed by atoms with Crippen molar-refractivity contribution in [2.24, 2.45) is 0 Å². The zero-order chi connectivity index (χ0) is 17.2. The number of aromatic nitrogens is 2. The minimum absolute atomic E-state index is 0.168. The lowest BCUT2D eigenvalue weighted by molar-refractivity contribution is 0.0696. The van der Waals surface area contributed by atoms with Gasteiger partial charge in [0.1, 0.15) is 5.82 Å². The number of pyridine rings is 2. The van der Waals surface area contributed by atoms with E-state index >= 15 is 0 Å². The van der Waals surface area contributed by atoms with Crippen LogP contribution in [0.4, 0.5) is 17.2 Å².